The summed E-state index contributed by atoms with van der Waals surface area (Å²) in [4.78, 5) is 1.27. The number of thioether (sulfide) groups is 1. The lowest BCUT2D eigenvalue weighted by Gasteiger charge is -2.37. The van der Waals surface area contributed by atoms with Gasteiger partial charge in [0.15, 0.2) is 0 Å². The Kier molecular flexibility index (Phi) is 6.42. The quantitative estimate of drug-likeness (QED) is 0.730. The van der Waals surface area contributed by atoms with Crippen molar-refractivity contribution in [3.05, 3.63) is 29.3 Å². The molecule has 0 aliphatic heterocycles. The van der Waals surface area contributed by atoms with Crippen LogP contribution in [-0.2, 0) is 0 Å². The van der Waals surface area contributed by atoms with E-state index >= 15 is 0 Å². The first-order valence-electron chi connectivity index (χ1n) is 7.83. The molecule has 0 radical (unpaired) electrons. The summed E-state index contributed by atoms with van der Waals surface area (Å²) in [6.07, 6.45) is 4.68. The first-order chi connectivity index (χ1) is 10.1. The second kappa shape index (κ2) is 7.87. The number of aliphatic hydroxyl groups is 1. The van der Waals surface area contributed by atoms with Gasteiger partial charge in [0.2, 0.25) is 0 Å². The summed E-state index contributed by atoms with van der Waals surface area (Å²) < 4.78 is 0. The highest BCUT2D eigenvalue weighted by molar-refractivity contribution is 7.99. The lowest BCUT2D eigenvalue weighted by Crippen LogP contribution is -2.54. The molecule has 2 atom stereocenters. The highest BCUT2D eigenvalue weighted by Gasteiger charge is 2.41. The van der Waals surface area contributed by atoms with Gasteiger partial charge in [-0.2, -0.15) is 0 Å². The fourth-order valence-electron chi connectivity index (χ4n) is 3.43. The molecule has 0 aromatic heterocycles. The zero-order chi connectivity index (χ0) is 15.3. The van der Waals surface area contributed by atoms with Crippen molar-refractivity contribution in [1.29, 1.82) is 0 Å². The van der Waals surface area contributed by atoms with Crippen molar-refractivity contribution in [3.8, 4) is 0 Å². The molecule has 0 bridgehead atoms. The summed E-state index contributed by atoms with van der Waals surface area (Å²) in [5.74, 6) is 1.66. The van der Waals surface area contributed by atoms with Crippen LogP contribution < -0.4 is 5.32 Å². The minimum atomic E-state index is -0.0608. The highest BCUT2D eigenvalue weighted by atomic mass is 35.5. The number of hydrogen-bond donors (Lipinski definition) is 2. The Balaban J connectivity index is 1.87. The molecule has 2 rings (SSSR count). The molecule has 0 saturated heterocycles. The van der Waals surface area contributed by atoms with E-state index in [1.165, 1.54) is 17.7 Å². The van der Waals surface area contributed by atoms with Crippen LogP contribution in [0.4, 0.5) is 0 Å². The monoisotopic (exact) mass is 327 g/mol. The molecule has 1 aliphatic carbocycles. The van der Waals surface area contributed by atoms with Crippen molar-refractivity contribution in [3.63, 3.8) is 0 Å². The largest absolute Gasteiger partial charge is 0.394 e. The van der Waals surface area contributed by atoms with E-state index in [4.69, 9.17) is 11.6 Å². The Bertz CT molecular complexity index is 437. The Labute approximate surface area is 137 Å². The van der Waals surface area contributed by atoms with Crippen LogP contribution in [0, 0.1) is 5.92 Å². The van der Waals surface area contributed by atoms with Crippen LogP contribution in [0.1, 0.15) is 39.5 Å². The molecule has 1 aromatic rings. The maximum absolute atomic E-state index is 9.90. The molecule has 0 heterocycles. The summed E-state index contributed by atoms with van der Waals surface area (Å²) >= 11 is 7.79. The number of rotatable bonds is 7. The highest BCUT2D eigenvalue weighted by Crippen LogP contribution is 2.39. The first kappa shape index (κ1) is 17.1. The fourth-order valence-corrected chi connectivity index (χ4v) is 4.53. The lowest BCUT2D eigenvalue weighted by molar-refractivity contribution is 0.113. The molecule has 2 unspecified atom stereocenters. The number of benzene rings is 1. The summed E-state index contributed by atoms with van der Waals surface area (Å²) in [6, 6.07) is 8.46. The van der Waals surface area contributed by atoms with Gasteiger partial charge in [-0.05, 0) is 55.2 Å². The van der Waals surface area contributed by atoms with Crippen molar-refractivity contribution >= 4 is 23.4 Å². The number of hydrogen-bond acceptors (Lipinski definition) is 3. The predicted octanol–water partition coefficient (Wildman–Crippen LogP) is 4.35. The second-order valence-electron chi connectivity index (χ2n) is 6.29. The third-order valence-corrected chi connectivity index (χ3v) is 5.66. The molecule has 4 heteroatoms. The van der Waals surface area contributed by atoms with Gasteiger partial charge in [-0.3, -0.25) is 0 Å². The van der Waals surface area contributed by atoms with E-state index in [0.29, 0.717) is 12.0 Å². The molecule has 118 valence electrons. The predicted molar refractivity (Wildman–Crippen MR) is 92.2 cm³/mol. The molecule has 1 aromatic carbocycles. The van der Waals surface area contributed by atoms with E-state index in [-0.39, 0.29) is 12.1 Å². The van der Waals surface area contributed by atoms with Gasteiger partial charge in [0, 0.05) is 21.5 Å². The van der Waals surface area contributed by atoms with Crippen LogP contribution >= 0.6 is 23.4 Å². The standard InChI is InChI=1S/C17H26ClNOS/c1-13(2)19-17(12-20)10-3-4-14(17)9-11-21-16-7-5-15(18)6-8-16/h5-8,13-14,19-20H,3-4,9-12H2,1-2H3. The summed E-state index contributed by atoms with van der Waals surface area (Å²) in [5.41, 5.74) is -0.0608. The number of halogens is 1. The maximum Gasteiger partial charge on any atom is 0.0616 e. The van der Waals surface area contributed by atoms with Crippen molar-refractivity contribution in [2.75, 3.05) is 12.4 Å². The van der Waals surface area contributed by atoms with Gasteiger partial charge in [0.05, 0.1) is 6.61 Å². The van der Waals surface area contributed by atoms with Crippen LogP contribution in [0.15, 0.2) is 29.2 Å². The molecule has 0 spiro atoms. The lowest BCUT2D eigenvalue weighted by atomic mass is 9.85. The number of nitrogens with one attached hydrogen (secondary N) is 1. The van der Waals surface area contributed by atoms with Gasteiger partial charge in [-0.1, -0.05) is 31.9 Å². The maximum atomic E-state index is 9.90. The van der Waals surface area contributed by atoms with Crippen molar-refractivity contribution in [2.24, 2.45) is 5.92 Å². The Morgan fingerprint density at radius 2 is 2.10 bits per heavy atom. The smallest absolute Gasteiger partial charge is 0.0616 e. The van der Waals surface area contributed by atoms with Crippen molar-refractivity contribution in [2.45, 2.75) is 56.0 Å². The average molecular weight is 328 g/mol. The topological polar surface area (TPSA) is 32.3 Å². The third kappa shape index (κ3) is 4.62. The molecular weight excluding hydrogens is 302 g/mol. The van der Waals surface area contributed by atoms with Crippen molar-refractivity contribution < 1.29 is 5.11 Å². The van der Waals surface area contributed by atoms with E-state index in [2.05, 4.69) is 31.3 Å². The number of aliphatic hydroxyl groups excluding tert-OH is 1. The third-order valence-electron chi connectivity index (χ3n) is 4.36. The van der Waals surface area contributed by atoms with Crippen LogP contribution in [0.3, 0.4) is 0 Å². The first-order valence-corrected chi connectivity index (χ1v) is 9.19. The van der Waals surface area contributed by atoms with E-state index < -0.39 is 0 Å². The Morgan fingerprint density at radius 1 is 1.38 bits per heavy atom. The molecule has 0 amide bonds. The molecule has 1 fully saturated rings. The SMILES string of the molecule is CC(C)NC1(CO)CCCC1CCSc1ccc(Cl)cc1. The molecule has 2 N–H and O–H groups in total. The van der Waals surface area contributed by atoms with Crippen molar-refractivity contribution in [1.82, 2.24) is 5.32 Å². The summed E-state index contributed by atoms with van der Waals surface area (Å²) in [5, 5.41) is 14.3. The average Bonchev–Trinajstić information content (AvgIpc) is 2.84. The molecule has 21 heavy (non-hydrogen) atoms. The van der Waals surface area contributed by atoms with Crippen LogP contribution in [-0.4, -0.2) is 29.0 Å². The zero-order valence-electron chi connectivity index (χ0n) is 12.9. The molecule has 2 nitrogen and oxygen atoms in total. The molecule has 1 aliphatic rings. The Hall–Kier alpha value is -0.220. The van der Waals surface area contributed by atoms with Gasteiger partial charge >= 0.3 is 0 Å². The van der Waals surface area contributed by atoms with Gasteiger partial charge < -0.3 is 10.4 Å². The van der Waals surface area contributed by atoms with Crippen LogP contribution in [0.25, 0.3) is 0 Å². The minimum Gasteiger partial charge on any atom is -0.394 e. The summed E-state index contributed by atoms with van der Waals surface area (Å²) in [7, 11) is 0. The van der Waals surface area contributed by atoms with E-state index in [1.807, 2.05) is 23.9 Å². The van der Waals surface area contributed by atoms with Gasteiger partial charge in [-0.15, -0.1) is 11.8 Å². The molecular formula is C17H26ClNOS. The van der Waals surface area contributed by atoms with E-state index in [0.717, 1.165) is 23.6 Å². The Morgan fingerprint density at radius 3 is 2.71 bits per heavy atom. The van der Waals surface area contributed by atoms with Gasteiger partial charge in [0.25, 0.3) is 0 Å². The van der Waals surface area contributed by atoms with E-state index in [1.54, 1.807) is 0 Å². The van der Waals surface area contributed by atoms with Gasteiger partial charge in [0.1, 0.15) is 0 Å². The van der Waals surface area contributed by atoms with Crippen LogP contribution in [0.2, 0.25) is 5.02 Å². The fraction of sp³-hybridized carbons (Fsp3) is 0.647. The molecule has 1 saturated carbocycles. The minimum absolute atomic E-state index is 0.0608. The van der Waals surface area contributed by atoms with E-state index in [9.17, 15) is 5.11 Å². The van der Waals surface area contributed by atoms with Crippen LogP contribution in [0.5, 0.6) is 0 Å². The summed E-state index contributed by atoms with van der Waals surface area (Å²) in [6.45, 7) is 4.58. The second-order valence-corrected chi connectivity index (χ2v) is 7.90. The normalized spacial score (nSPS) is 25.7. The van der Waals surface area contributed by atoms with Gasteiger partial charge in [-0.25, -0.2) is 0 Å². The zero-order valence-corrected chi connectivity index (χ0v) is 14.5.